The molecule has 3 aromatic carbocycles. The number of aliphatic hydroxyl groups is 1. The molecule has 3 aromatic rings. The second kappa shape index (κ2) is 7.89. The van der Waals surface area contributed by atoms with Crippen molar-refractivity contribution in [2.24, 2.45) is 0 Å². The molecule has 0 radical (unpaired) electrons. The molecule has 0 unspecified atom stereocenters. The summed E-state index contributed by atoms with van der Waals surface area (Å²) in [5, 5.41) is 60.1. The van der Waals surface area contributed by atoms with Crippen LogP contribution < -0.4 is 4.74 Å². The van der Waals surface area contributed by atoms with Crippen molar-refractivity contribution in [1.29, 1.82) is 0 Å². The van der Waals surface area contributed by atoms with Crippen LogP contribution in [-0.4, -0.2) is 36.7 Å². The second-order valence-corrected chi connectivity index (χ2v) is 8.16. The topological polar surface area (TPSA) is 131 Å². The van der Waals surface area contributed by atoms with E-state index < -0.39 is 34.7 Å². The molecule has 0 bridgehead atoms. The van der Waals surface area contributed by atoms with Gasteiger partial charge in [0.2, 0.25) is 0 Å². The van der Waals surface area contributed by atoms with Gasteiger partial charge in [0.25, 0.3) is 0 Å². The Bertz CT molecular complexity index is 1050. The number of hydrogen-bond acceptors (Lipinski definition) is 8. The number of ether oxygens (including phenoxy) is 1. The standard InChI is InChI=1S/C22H20O7S/c23-13-8-14(24)18-17(9-13)29-21(12-6-15(25)19(27)16(26)7-12)20(28)22(18)30-10-11-4-2-1-3-5-11/h1-9,20-28H,10H2/t20-,21-,22-/m1/s1. The molecule has 30 heavy (non-hydrogen) atoms. The Kier molecular flexibility index (Phi) is 5.27. The normalized spacial score (nSPS) is 20.4. The highest BCUT2D eigenvalue weighted by molar-refractivity contribution is 7.98. The van der Waals surface area contributed by atoms with Crippen molar-refractivity contribution in [2.45, 2.75) is 23.2 Å². The zero-order chi connectivity index (χ0) is 21.4. The van der Waals surface area contributed by atoms with Gasteiger partial charge < -0.3 is 35.4 Å². The average Bonchev–Trinajstić information content (AvgIpc) is 2.71. The highest BCUT2D eigenvalue weighted by Crippen LogP contribution is 2.53. The van der Waals surface area contributed by atoms with Gasteiger partial charge in [0, 0.05) is 23.4 Å². The molecule has 0 saturated carbocycles. The highest BCUT2D eigenvalue weighted by Gasteiger charge is 2.41. The third-order valence-corrected chi connectivity index (χ3v) is 6.33. The molecule has 0 aromatic heterocycles. The van der Waals surface area contributed by atoms with E-state index in [1.807, 2.05) is 30.3 Å². The number of aromatic hydroxyl groups is 5. The first kappa shape index (κ1) is 20.1. The molecule has 0 saturated heterocycles. The van der Waals surface area contributed by atoms with Crippen molar-refractivity contribution in [2.75, 3.05) is 0 Å². The van der Waals surface area contributed by atoms with Crippen LogP contribution in [-0.2, 0) is 5.75 Å². The zero-order valence-electron chi connectivity index (χ0n) is 15.6. The molecule has 4 rings (SSSR count). The third kappa shape index (κ3) is 3.67. The minimum absolute atomic E-state index is 0.181. The Morgan fingerprint density at radius 2 is 1.50 bits per heavy atom. The Balaban J connectivity index is 1.74. The third-order valence-electron chi connectivity index (χ3n) is 4.96. The van der Waals surface area contributed by atoms with Crippen molar-refractivity contribution in [1.82, 2.24) is 0 Å². The van der Waals surface area contributed by atoms with Gasteiger partial charge in [-0.15, -0.1) is 11.8 Å². The second-order valence-electron chi connectivity index (χ2n) is 7.03. The van der Waals surface area contributed by atoms with Gasteiger partial charge in [-0.05, 0) is 17.7 Å². The van der Waals surface area contributed by atoms with Gasteiger partial charge in [0.15, 0.2) is 23.4 Å². The maximum Gasteiger partial charge on any atom is 0.200 e. The summed E-state index contributed by atoms with van der Waals surface area (Å²) in [5.41, 5.74) is 1.61. The Labute approximate surface area is 176 Å². The van der Waals surface area contributed by atoms with E-state index in [9.17, 15) is 30.6 Å². The Morgan fingerprint density at radius 3 is 2.17 bits per heavy atom. The lowest BCUT2D eigenvalue weighted by Crippen LogP contribution is -2.33. The van der Waals surface area contributed by atoms with E-state index in [1.165, 1.54) is 36.0 Å². The lowest BCUT2D eigenvalue weighted by molar-refractivity contribution is 0.0173. The summed E-state index contributed by atoms with van der Waals surface area (Å²) >= 11 is 1.39. The van der Waals surface area contributed by atoms with Gasteiger partial charge in [-0.1, -0.05) is 30.3 Å². The number of thioether (sulfide) groups is 1. The molecule has 1 aliphatic rings. The van der Waals surface area contributed by atoms with E-state index in [0.717, 1.165) is 5.56 Å². The summed E-state index contributed by atoms with van der Waals surface area (Å²) in [6, 6.07) is 14.5. The smallest absolute Gasteiger partial charge is 0.200 e. The number of phenols is 5. The molecule has 1 aliphatic heterocycles. The van der Waals surface area contributed by atoms with Gasteiger partial charge >= 0.3 is 0 Å². The van der Waals surface area contributed by atoms with Crippen LogP contribution in [0.5, 0.6) is 34.5 Å². The van der Waals surface area contributed by atoms with Gasteiger partial charge in [-0.3, -0.25) is 0 Å². The van der Waals surface area contributed by atoms with Crippen LogP contribution in [0.4, 0.5) is 0 Å². The van der Waals surface area contributed by atoms with Gasteiger partial charge in [0.05, 0.1) is 10.8 Å². The molecule has 156 valence electrons. The molecule has 6 N–H and O–H groups in total. The summed E-state index contributed by atoms with van der Waals surface area (Å²) in [4.78, 5) is 0. The van der Waals surface area contributed by atoms with Gasteiger partial charge in [-0.25, -0.2) is 0 Å². The van der Waals surface area contributed by atoms with Crippen molar-refractivity contribution < 1.29 is 35.4 Å². The minimum Gasteiger partial charge on any atom is -0.508 e. The van der Waals surface area contributed by atoms with Crippen LogP contribution in [0.2, 0.25) is 0 Å². The van der Waals surface area contributed by atoms with E-state index in [0.29, 0.717) is 11.3 Å². The summed E-state index contributed by atoms with van der Waals surface area (Å²) in [6.45, 7) is 0. The van der Waals surface area contributed by atoms with Crippen molar-refractivity contribution in [3.8, 4) is 34.5 Å². The monoisotopic (exact) mass is 428 g/mol. The van der Waals surface area contributed by atoms with E-state index in [-0.39, 0.29) is 22.8 Å². The fraction of sp³-hybridized carbons (Fsp3) is 0.182. The van der Waals surface area contributed by atoms with E-state index in [4.69, 9.17) is 4.74 Å². The quantitative estimate of drug-likeness (QED) is 0.347. The van der Waals surface area contributed by atoms with Gasteiger partial charge in [0.1, 0.15) is 23.4 Å². The SMILES string of the molecule is Oc1cc(O)c2c(c1)O[C@H](c1cc(O)c(O)c(O)c1)[C@@H](O)[C@@H]2SCc1ccccc1. The molecule has 7 nitrogen and oxygen atoms in total. The van der Waals surface area contributed by atoms with Crippen LogP contribution in [0.25, 0.3) is 0 Å². The van der Waals surface area contributed by atoms with E-state index in [1.54, 1.807) is 0 Å². The first-order valence-electron chi connectivity index (χ1n) is 9.16. The fourth-order valence-corrected chi connectivity index (χ4v) is 4.82. The summed E-state index contributed by atoms with van der Waals surface area (Å²) in [5.74, 6) is -1.47. The number of phenolic OH excluding ortho intramolecular Hbond substituents is 5. The summed E-state index contributed by atoms with van der Waals surface area (Å²) in [7, 11) is 0. The number of hydrogen-bond donors (Lipinski definition) is 6. The predicted octanol–water partition coefficient (Wildman–Crippen LogP) is 3.68. The number of rotatable bonds is 4. The molecule has 0 amide bonds. The Morgan fingerprint density at radius 1 is 0.833 bits per heavy atom. The van der Waals surface area contributed by atoms with Crippen LogP contribution in [0.1, 0.15) is 28.0 Å². The van der Waals surface area contributed by atoms with Crippen molar-refractivity contribution >= 4 is 11.8 Å². The number of benzene rings is 3. The lowest BCUT2D eigenvalue weighted by Gasteiger charge is -2.37. The van der Waals surface area contributed by atoms with E-state index in [2.05, 4.69) is 0 Å². The van der Waals surface area contributed by atoms with Crippen molar-refractivity contribution in [3.05, 3.63) is 71.3 Å². The lowest BCUT2D eigenvalue weighted by atomic mass is 9.93. The Hall–Kier alpha value is -3.23. The largest absolute Gasteiger partial charge is 0.508 e. The van der Waals surface area contributed by atoms with Crippen LogP contribution >= 0.6 is 11.8 Å². The first-order valence-corrected chi connectivity index (χ1v) is 10.2. The first-order chi connectivity index (χ1) is 14.3. The van der Waals surface area contributed by atoms with E-state index >= 15 is 0 Å². The maximum absolute atomic E-state index is 11.1. The highest BCUT2D eigenvalue weighted by atomic mass is 32.2. The molecule has 0 aliphatic carbocycles. The van der Waals surface area contributed by atoms with Crippen LogP contribution in [0.3, 0.4) is 0 Å². The average molecular weight is 428 g/mol. The van der Waals surface area contributed by atoms with Crippen LogP contribution in [0, 0.1) is 0 Å². The number of aliphatic hydroxyl groups excluding tert-OH is 1. The molecule has 1 heterocycles. The molecular weight excluding hydrogens is 408 g/mol. The van der Waals surface area contributed by atoms with Crippen LogP contribution in [0.15, 0.2) is 54.6 Å². The van der Waals surface area contributed by atoms with Crippen molar-refractivity contribution in [3.63, 3.8) is 0 Å². The minimum atomic E-state index is -1.16. The fourth-order valence-electron chi connectivity index (χ4n) is 3.51. The summed E-state index contributed by atoms with van der Waals surface area (Å²) in [6.07, 6.45) is -2.19. The maximum atomic E-state index is 11.1. The molecule has 8 heteroatoms. The van der Waals surface area contributed by atoms with Gasteiger partial charge in [-0.2, -0.15) is 0 Å². The molecular formula is C22H20O7S. The molecule has 3 atom stereocenters. The summed E-state index contributed by atoms with van der Waals surface area (Å²) < 4.78 is 5.84. The zero-order valence-corrected chi connectivity index (χ0v) is 16.5. The molecule has 0 spiro atoms. The molecule has 0 fully saturated rings. The predicted molar refractivity (Wildman–Crippen MR) is 111 cm³/mol. The number of fused-ring (bicyclic) bond motifs is 1.